The highest BCUT2D eigenvalue weighted by atomic mass is 16.5. The highest BCUT2D eigenvalue weighted by Crippen LogP contribution is 2.06. The summed E-state index contributed by atoms with van der Waals surface area (Å²) in [7, 11) is 0. The van der Waals surface area contributed by atoms with Gasteiger partial charge in [0.05, 0.1) is 6.61 Å². The fourth-order valence-electron chi connectivity index (χ4n) is 2.32. The number of aliphatic carboxylic acids is 2. The number of hydrogen-bond donors (Lipinski definition) is 2. The second-order valence-electron chi connectivity index (χ2n) is 5.36. The maximum atomic E-state index is 9.10. The van der Waals surface area contributed by atoms with Gasteiger partial charge in [0.15, 0.2) is 0 Å². The Morgan fingerprint density at radius 3 is 2.17 bits per heavy atom. The van der Waals surface area contributed by atoms with Crippen molar-refractivity contribution >= 4 is 11.9 Å². The van der Waals surface area contributed by atoms with Crippen molar-refractivity contribution in [3.8, 4) is 0 Å². The van der Waals surface area contributed by atoms with Gasteiger partial charge < -0.3 is 19.8 Å². The zero-order chi connectivity index (χ0) is 16.9. The first-order chi connectivity index (χ1) is 11.1. The van der Waals surface area contributed by atoms with Gasteiger partial charge in [0.25, 0.3) is 0 Å². The molecule has 1 aliphatic rings. The average Bonchev–Trinajstić information content (AvgIpc) is 3.05. The minimum atomic E-state index is -1.82. The molecular weight excluding hydrogens is 298 g/mol. The van der Waals surface area contributed by atoms with Crippen LogP contribution in [0.2, 0.25) is 0 Å². The first-order valence-electron chi connectivity index (χ1n) is 7.90. The molecule has 0 unspecified atom stereocenters. The van der Waals surface area contributed by atoms with Crippen LogP contribution in [0.25, 0.3) is 0 Å². The van der Waals surface area contributed by atoms with Crippen LogP contribution >= 0.6 is 0 Å². The maximum Gasteiger partial charge on any atom is 0.414 e. The highest BCUT2D eigenvalue weighted by molar-refractivity contribution is 6.27. The monoisotopic (exact) mass is 323 g/mol. The summed E-state index contributed by atoms with van der Waals surface area (Å²) in [5.41, 5.74) is 1.41. The summed E-state index contributed by atoms with van der Waals surface area (Å²) in [6, 6.07) is 10.6. The normalized spacial score (nSPS) is 14.1. The lowest BCUT2D eigenvalue weighted by Gasteiger charge is -2.14. The molecule has 0 radical (unpaired) electrons. The van der Waals surface area contributed by atoms with Crippen LogP contribution in [-0.4, -0.2) is 59.9 Å². The van der Waals surface area contributed by atoms with Gasteiger partial charge in [0.2, 0.25) is 0 Å². The summed E-state index contributed by atoms with van der Waals surface area (Å²) < 4.78 is 5.68. The second-order valence-corrected chi connectivity index (χ2v) is 5.36. The standard InChI is InChI=1S/C15H23NO.C2H2O4/c1-2-7-15(8-3-1)9-6-13-17-14-12-16-10-4-5-11-16;3-1(4)2(5)6/h1-3,7-8H,4-6,9-14H2;(H,3,4)(H,5,6). The third-order valence-electron chi connectivity index (χ3n) is 3.53. The Morgan fingerprint density at radius 1 is 1.00 bits per heavy atom. The fourth-order valence-corrected chi connectivity index (χ4v) is 2.32. The van der Waals surface area contributed by atoms with E-state index in [2.05, 4.69) is 35.2 Å². The topological polar surface area (TPSA) is 87.1 Å². The average molecular weight is 323 g/mol. The SMILES string of the molecule is O=C(O)C(=O)O.c1ccc(CCCOCCN2CCCC2)cc1. The molecule has 1 aromatic carbocycles. The molecule has 1 saturated heterocycles. The predicted molar refractivity (Wildman–Crippen MR) is 86.5 cm³/mol. The van der Waals surface area contributed by atoms with Gasteiger partial charge in [-0.3, -0.25) is 0 Å². The summed E-state index contributed by atoms with van der Waals surface area (Å²) in [5.74, 6) is -3.65. The summed E-state index contributed by atoms with van der Waals surface area (Å²) in [4.78, 5) is 20.7. The largest absolute Gasteiger partial charge is 0.473 e. The van der Waals surface area contributed by atoms with Crippen molar-refractivity contribution in [2.45, 2.75) is 25.7 Å². The van der Waals surface area contributed by atoms with Crippen LogP contribution in [0.1, 0.15) is 24.8 Å². The molecule has 0 amide bonds. The van der Waals surface area contributed by atoms with E-state index in [0.717, 1.165) is 32.6 Å². The number of rotatable bonds is 7. The van der Waals surface area contributed by atoms with E-state index in [4.69, 9.17) is 24.5 Å². The van der Waals surface area contributed by atoms with Crippen molar-refractivity contribution in [3.05, 3.63) is 35.9 Å². The predicted octanol–water partition coefficient (Wildman–Crippen LogP) is 1.89. The lowest BCUT2D eigenvalue weighted by molar-refractivity contribution is -0.159. The number of likely N-dealkylation sites (tertiary alicyclic amines) is 1. The highest BCUT2D eigenvalue weighted by Gasteiger charge is 2.10. The Hall–Kier alpha value is -1.92. The van der Waals surface area contributed by atoms with E-state index in [1.54, 1.807) is 0 Å². The van der Waals surface area contributed by atoms with E-state index in [-0.39, 0.29) is 0 Å². The Bertz CT molecular complexity index is 445. The molecule has 0 bridgehead atoms. The second kappa shape index (κ2) is 11.6. The number of ether oxygens (including phenoxy) is 1. The molecule has 6 heteroatoms. The van der Waals surface area contributed by atoms with Crippen LogP contribution < -0.4 is 0 Å². The zero-order valence-electron chi connectivity index (χ0n) is 13.3. The molecule has 1 aliphatic heterocycles. The van der Waals surface area contributed by atoms with Gasteiger partial charge in [-0.2, -0.15) is 0 Å². The van der Waals surface area contributed by atoms with Gasteiger partial charge in [0, 0.05) is 13.2 Å². The van der Waals surface area contributed by atoms with Crippen LogP contribution in [0.15, 0.2) is 30.3 Å². The third kappa shape index (κ3) is 9.65. The molecule has 0 atom stereocenters. The lowest BCUT2D eigenvalue weighted by Crippen LogP contribution is -2.24. The van der Waals surface area contributed by atoms with Gasteiger partial charge in [-0.15, -0.1) is 0 Å². The van der Waals surface area contributed by atoms with E-state index in [9.17, 15) is 0 Å². The molecule has 1 heterocycles. The van der Waals surface area contributed by atoms with Crippen LogP contribution in [0, 0.1) is 0 Å². The lowest BCUT2D eigenvalue weighted by atomic mass is 10.1. The molecule has 2 N–H and O–H groups in total. The smallest absolute Gasteiger partial charge is 0.414 e. The van der Waals surface area contributed by atoms with Crippen molar-refractivity contribution in [2.75, 3.05) is 32.8 Å². The Kier molecular flexibility index (Phi) is 9.66. The molecule has 23 heavy (non-hydrogen) atoms. The molecule has 1 aromatic rings. The molecule has 2 rings (SSSR count). The van der Waals surface area contributed by atoms with E-state index >= 15 is 0 Å². The van der Waals surface area contributed by atoms with Crippen LogP contribution in [-0.2, 0) is 20.7 Å². The first kappa shape index (κ1) is 19.1. The van der Waals surface area contributed by atoms with E-state index in [1.165, 1.54) is 31.5 Å². The van der Waals surface area contributed by atoms with Crippen molar-refractivity contribution in [2.24, 2.45) is 0 Å². The van der Waals surface area contributed by atoms with Gasteiger partial charge in [0.1, 0.15) is 0 Å². The molecule has 0 aromatic heterocycles. The molecule has 1 fully saturated rings. The van der Waals surface area contributed by atoms with Gasteiger partial charge in [-0.05, 0) is 44.3 Å². The molecule has 6 nitrogen and oxygen atoms in total. The number of nitrogens with zero attached hydrogens (tertiary/aromatic N) is 1. The molecule has 0 aliphatic carbocycles. The first-order valence-corrected chi connectivity index (χ1v) is 7.90. The molecule has 128 valence electrons. The number of hydrogen-bond acceptors (Lipinski definition) is 4. The van der Waals surface area contributed by atoms with Gasteiger partial charge in [-0.25, -0.2) is 9.59 Å². The summed E-state index contributed by atoms with van der Waals surface area (Å²) in [6.07, 6.45) is 5.00. The van der Waals surface area contributed by atoms with Crippen molar-refractivity contribution in [1.29, 1.82) is 0 Å². The van der Waals surface area contributed by atoms with Crippen molar-refractivity contribution in [3.63, 3.8) is 0 Å². The van der Waals surface area contributed by atoms with Crippen molar-refractivity contribution in [1.82, 2.24) is 4.90 Å². The zero-order valence-corrected chi connectivity index (χ0v) is 13.3. The Balaban J connectivity index is 0.000000379. The number of carboxylic acid groups (broad SMARTS) is 2. The number of aryl methyl sites for hydroxylation is 1. The minimum Gasteiger partial charge on any atom is -0.473 e. The quantitative estimate of drug-likeness (QED) is 0.588. The number of benzene rings is 1. The number of carbonyl (C=O) groups is 2. The van der Waals surface area contributed by atoms with Crippen LogP contribution in [0.4, 0.5) is 0 Å². The molecule has 0 spiro atoms. The Morgan fingerprint density at radius 2 is 1.61 bits per heavy atom. The minimum absolute atomic E-state index is 0.892. The Labute approximate surface area is 136 Å². The van der Waals surface area contributed by atoms with Crippen molar-refractivity contribution < 1.29 is 24.5 Å². The number of carboxylic acids is 2. The third-order valence-corrected chi connectivity index (χ3v) is 3.53. The van der Waals surface area contributed by atoms with E-state index in [0.29, 0.717) is 0 Å². The van der Waals surface area contributed by atoms with E-state index in [1.807, 2.05) is 0 Å². The van der Waals surface area contributed by atoms with Gasteiger partial charge >= 0.3 is 11.9 Å². The molecule has 0 saturated carbocycles. The maximum absolute atomic E-state index is 9.10. The summed E-state index contributed by atoms with van der Waals surface area (Å²) >= 11 is 0. The molecular formula is C17H25NO5. The van der Waals surface area contributed by atoms with E-state index < -0.39 is 11.9 Å². The summed E-state index contributed by atoms with van der Waals surface area (Å²) in [6.45, 7) is 5.45. The fraction of sp³-hybridized carbons (Fsp3) is 0.529. The summed E-state index contributed by atoms with van der Waals surface area (Å²) in [5, 5.41) is 14.8. The van der Waals surface area contributed by atoms with Crippen LogP contribution in [0.5, 0.6) is 0 Å². The van der Waals surface area contributed by atoms with Gasteiger partial charge in [-0.1, -0.05) is 30.3 Å². The van der Waals surface area contributed by atoms with Crippen LogP contribution in [0.3, 0.4) is 0 Å².